The van der Waals surface area contributed by atoms with Crippen LogP contribution >= 0.6 is 23.2 Å². The molecular formula is C19H19Cl2FN4O3S. The van der Waals surface area contributed by atoms with Gasteiger partial charge >= 0.3 is 6.01 Å². The van der Waals surface area contributed by atoms with Gasteiger partial charge in [-0.1, -0.05) is 28.3 Å². The number of aromatic nitrogens is 3. The molecule has 0 bridgehead atoms. The Kier molecular flexibility index (Phi) is 6.66. The van der Waals surface area contributed by atoms with Crippen LogP contribution in [0.4, 0.5) is 4.39 Å². The van der Waals surface area contributed by atoms with E-state index in [2.05, 4.69) is 14.9 Å². The first-order valence-corrected chi connectivity index (χ1v) is 11.2. The highest BCUT2D eigenvalue weighted by Crippen LogP contribution is 2.30. The van der Waals surface area contributed by atoms with Gasteiger partial charge in [0.1, 0.15) is 16.5 Å². The van der Waals surface area contributed by atoms with Crippen molar-refractivity contribution in [1.82, 2.24) is 19.5 Å². The number of nitrogens with one attached hydrogen (secondary N) is 1. The molecule has 1 atom stereocenters. The zero-order chi connectivity index (χ0) is 22.1. The minimum absolute atomic E-state index is 0.0250. The summed E-state index contributed by atoms with van der Waals surface area (Å²) in [6.07, 6.45) is 0. The number of rotatable bonds is 7. The van der Waals surface area contributed by atoms with Gasteiger partial charge in [-0.15, -0.1) is 5.10 Å². The lowest BCUT2D eigenvalue weighted by Gasteiger charge is -2.17. The first-order valence-electron chi connectivity index (χ1n) is 8.97. The van der Waals surface area contributed by atoms with Crippen molar-refractivity contribution in [1.29, 1.82) is 0 Å². The van der Waals surface area contributed by atoms with Crippen molar-refractivity contribution in [3.8, 4) is 11.8 Å². The summed E-state index contributed by atoms with van der Waals surface area (Å²) < 4.78 is 48.8. The highest BCUT2D eigenvalue weighted by Gasteiger charge is 2.27. The van der Waals surface area contributed by atoms with Crippen molar-refractivity contribution in [2.24, 2.45) is 0 Å². The molecule has 3 aromatic rings. The van der Waals surface area contributed by atoms with Gasteiger partial charge in [-0.05, 0) is 62.7 Å². The van der Waals surface area contributed by atoms with E-state index in [1.54, 1.807) is 18.4 Å². The first kappa shape index (κ1) is 22.5. The Morgan fingerprint density at radius 2 is 1.87 bits per heavy atom. The maximum atomic E-state index is 13.1. The monoisotopic (exact) mass is 472 g/mol. The van der Waals surface area contributed by atoms with E-state index in [1.165, 1.54) is 36.4 Å². The van der Waals surface area contributed by atoms with Crippen molar-refractivity contribution >= 4 is 33.2 Å². The van der Waals surface area contributed by atoms with Crippen molar-refractivity contribution in [2.75, 3.05) is 0 Å². The summed E-state index contributed by atoms with van der Waals surface area (Å²) in [6.45, 7) is 5.51. The Balaban J connectivity index is 1.87. The maximum Gasteiger partial charge on any atom is 0.322 e. The fourth-order valence-corrected chi connectivity index (χ4v) is 5.36. The molecule has 2 aromatic carbocycles. The average molecular weight is 473 g/mol. The van der Waals surface area contributed by atoms with Crippen molar-refractivity contribution in [3.63, 3.8) is 0 Å². The van der Waals surface area contributed by atoms with Crippen LogP contribution in [-0.4, -0.2) is 23.2 Å². The van der Waals surface area contributed by atoms with Crippen molar-refractivity contribution in [3.05, 3.63) is 63.6 Å². The zero-order valence-electron chi connectivity index (χ0n) is 16.4. The molecule has 0 aliphatic carbocycles. The van der Waals surface area contributed by atoms with Crippen LogP contribution in [0.25, 0.3) is 0 Å². The van der Waals surface area contributed by atoms with E-state index in [0.29, 0.717) is 28.7 Å². The molecule has 0 fully saturated rings. The Bertz CT molecular complexity index is 1140. The first-order chi connectivity index (χ1) is 14.1. The average Bonchev–Trinajstić information content (AvgIpc) is 3.04. The second-order valence-corrected chi connectivity index (χ2v) is 9.01. The minimum Gasteiger partial charge on any atom is -0.424 e. The molecule has 0 aliphatic heterocycles. The van der Waals surface area contributed by atoms with Gasteiger partial charge in [0.15, 0.2) is 5.82 Å². The Morgan fingerprint density at radius 1 is 1.20 bits per heavy atom. The third kappa shape index (κ3) is 4.75. The van der Waals surface area contributed by atoms with Gasteiger partial charge in [0.25, 0.3) is 0 Å². The van der Waals surface area contributed by atoms with E-state index < -0.39 is 16.1 Å². The number of halogens is 3. The Hall–Kier alpha value is -2.20. The largest absolute Gasteiger partial charge is 0.424 e. The van der Waals surface area contributed by atoms with Gasteiger partial charge < -0.3 is 4.74 Å². The lowest BCUT2D eigenvalue weighted by Crippen LogP contribution is -2.29. The number of sulfonamides is 1. The van der Waals surface area contributed by atoms with Gasteiger partial charge in [0, 0.05) is 11.6 Å². The molecule has 0 amide bonds. The molecule has 0 aliphatic rings. The second-order valence-electron chi connectivity index (χ2n) is 6.52. The number of nitrogens with zero attached hydrogens (tertiary/aromatic N) is 3. The molecule has 1 heterocycles. The summed E-state index contributed by atoms with van der Waals surface area (Å²) in [4.78, 5) is -0.0502. The van der Waals surface area contributed by atoms with Crippen molar-refractivity contribution in [2.45, 2.75) is 38.3 Å². The molecule has 3 rings (SSSR count). The molecule has 0 unspecified atom stereocenters. The van der Waals surface area contributed by atoms with E-state index in [4.69, 9.17) is 27.9 Å². The topological polar surface area (TPSA) is 86.1 Å². The summed E-state index contributed by atoms with van der Waals surface area (Å²) in [5.74, 6) is 0.335. The fraction of sp³-hybridized carbons (Fsp3) is 0.263. The highest BCUT2D eigenvalue weighted by atomic mass is 35.5. The number of aryl methyl sites for hydroxylation is 1. The molecule has 0 saturated heterocycles. The summed E-state index contributed by atoms with van der Waals surface area (Å²) in [6, 6.07) is 7.76. The van der Waals surface area contributed by atoms with Crippen LogP contribution < -0.4 is 9.46 Å². The summed E-state index contributed by atoms with van der Waals surface area (Å²) >= 11 is 12.1. The molecule has 0 spiro atoms. The zero-order valence-corrected chi connectivity index (χ0v) is 18.7. The lowest BCUT2D eigenvalue weighted by molar-refractivity contribution is 0.407. The summed E-state index contributed by atoms with van der Waals surface area (Å²) in [7, 11) is -3.97. The number of hydrogen-bond acceptors (Lipinski definition) is 5. The molecule has 160 valence electrons. The van der Waals surface area contributed by atoms with Crippen LogP contribution in [0.15, 0.2) is 41.3 Å². The Labute approximate surface area is 183 Å². The predicted molar refractivity (Wildman–Crippen MR) is 112 cm³/mol. The second kappa shape index (κ2) is 8.89. The standard InChI is InChI=1S/C19H19Cl2FN4O3S/c1-4-26-18(23-24-19(26)29-15-7-5-14(22)6-8-15)12(3)25-30(27,28)17-11(2)9-13(20)10-16(17)21/h5-10,12,25H,4H2,1-3H3/t12-/m1/s1. The van der Waals surface area contributed by atoms with E-state index in [1.807, 2.05) is 6.92 Å². The number of hydrogen-bond donors (Lipinski definition) is 1. The predicted octanol–water partition coefficient (Wildman–Crippen LogP) is 4.88. The maximum absolute atomic E-state index is 13.1. The lowest BCUT2D eigenvalue weighted by atomic mass is 10.2. The number of ether oxygens (including phenoxy) is 1. The fourth-order valence-electron chi connectivity index (χ4n) is 2.97. The summed E-state index contributed by atoms with van der Waals surface area (Å²) in [5, 5.41) is 8.43. The SMILES string of the molecule is CCn1c(Oc2ccc(F)cc2)nnc1[C@@H](C)NS(=O)(=O)c1c(C)cc(Cl)cc1Cl. The molecular weight excluding hydrogens is 454 g/mol. The molecule has 0 radical (unpaired) electrons. The third-order valence-corrected chi connectivity index (χ3v) is 6.64. The molecule has 11 heteroatoms. The van der Waals surface area contributed by atoms with Gasteiger partial charge in [-0.25, -0.2) is 17.5 Å². The molecule has 7 nitrogen and oxygen atoms in total. The Morgan fingerprint density at radius 3 is 2.47 bits per heavy atom. The number of benzene rings is 2. The van der Waals surface area contributed by atoms with E-state index >= 15 is 0 Å². The van der Waals surface area contributed by atoms with Gasteiger partial charge in [0.05, 0.1) is 11.1 Å². The molecule has 1 N–H and O–H groups in total. The quantitative estimate of drug-likeness (QED) is 0.529. The minimum atomic E-state index is -3.97. The third-order valence-electron chi connectivity index (χ3n) is 4.27. The highest BCUT2D eigenvalue weighted by molar-refractivity contribution is 7.89. The van der Waals surface area contributed by atoms with Crippen LogP contribution in [0, 0.1) is 12.7 Å². The van der Waals surface area contributed by atoms with Crippen LogP contribution in [0.2, 0.25) is 10.0 Å². The summed E-state index contributed by atoms with van der Waals surface area (Å²) in [5.41, 5.74) is 0.421. The van der Waals surface area contributed by atoms with Gasteiger partial charge in [-0.2, -0.15) is 0 Å². The van der Waals surface area contributed by atoms with E-state index in [0.717, 1.165) is 0 Å². The van der Waals surface area contributed by atoms with E-state index in [9.17, 15) is 12.8 Å². The van der Waals surface area contributed by atoms with Crippen LogP contribution in [0.1, 0.15) is 31.3 Å². The van der Waals surface area contributed by atoms with Crippen LogP contribution in [-0.2, 0) is 16.6 Å². The van der Waals surface area contributed by atoms with Crippen LogP contribution in [0.3, 0.4) is 0 Å². The molecule has 1 aromatic heterocycles. The van der Waals surface area contributed by atoms with Gasteiger partial charge in [0.2, 0.25) is 10.0 Å². The van der Waals surface area contributed by atoms with Crippen molar-refractivity contribution < 1.29 is 17.5 Å². The normalized spacial score (nSPS) is 12.7. The van der Waals surface area contributed by atoms with E-state index in [-0.39, 0.29) is 21.7 Å². The molecule has 0 saturated carbocycles. The molecule has 30 heavy (non-hydrogen) atoms. The smallest absolute Gasteiger partial charge is 0.322 e. The van der Waals surface area contributed by atoms with Crippen LogP contribution in [0.5, 0.6) is 11.8 Å². The van der Waals surface area contributed by atoms with Gasteiger partial charge in [-0.3, -0.25) is 4.57 Å².